The van der Waals surface area contributed by atoms with E-state index in [1.807, 2.05) is 0 Å². The van der Waals surface area contributed by atoms with Gasteiger partial charge in [0.1, 0.15) is 19.3 Å². The van der Waals surface area contributed by atoms with Gasteiger partial charge in [0.2, 0.25) is 0 Å². The summed E-state index contributed by atoms with van der Waals surface area (Å²) in [5.74, 6) is 0.163. The summed E-state index contributed by atoms with van der Waals surface area (Å²) in [6.45, 7) is 11.9. The zero-order chi connectivity index (χ0) is 69.4. The number of phosphoric acid groups is 2. The number of phosphoric ester groups is 2. The van der Waals surface area contributed by atoms with E-state index in [4.69, 9.17) is 37.0 Å². The Morgan fingerprint density at radius 3 is 0.723 bits per heavy atom. The van der Waals surface area contributed by atoms with Gasteiger partial charge in [-0.2, -0.15) is 0 Å². The van der Waals surface area contributed by atoms with Gasteiger partial charge in [0.15, 0.2) is 12.2 Å². The molecule has 5 atom stereocenters. The molecule has 0 heterocycles. The standard InChI is InChI=1S/C75H146O17P2/c1-8-9-10-11-12-13-14-15-16-21-29-37-44-51-58-74(79)91-71(63-86-73(78)57-50-43-36-31-24-27-34-41-48-55-68(6)7)65-90-94(83,84)88-61-69(76)60-87-93(81,82)89-64-70(92-75(80)59-52-45-38-30-23-18-20-26-33-40-47-54-67(4)5)62-85-72(77)56-49-42-35-28-22-17-19-25-32-39-46-53-66(2)3/h66-71,76H,8-65H2,1-7H3,(H,81,82)(H,83,84)/t69-,70-,71-/m1/s1. The number of unbranched alkanes of at least 4 members (excludes halogenated alkanes) is 41. The minimum absolute atomic E-state index is 0.106. The summed E-state index contributed by atoms with van der Waals surface area (Å²) in [7, 11) is -9.91. The largest absolute Gasteiger partial charge is 0.472 e. The normalized spacial score (nSPS) is 14.1. The van der Waals surface area contributed by atoms with Crippen LogP contribution in [-0.4, -0.2) is 96.7 Å². The fourth-order valence-electron chi connectivity index (χ4n) is 11.4. The number of hydrogen-bond donors (Lipinski definition) is 3. The molecule has 0 saturated carbocycles. The van der Waals surface area contributed by atoms with Crippen LogP contribution in [0.15, 0.2) is 0 Å². The Balaban J connectivity index is 5.27. The Morgan fingerprint density at radius 2 is 0.489 bits per heavy atom. The molecule has 0 aromatic rings. The molecule has 0 bridgehead atoms. The van der Waals surface area contributed by atoms with E-state index < -0.39 is 97.5 Å². The predicted molar refractivity (Wildman–Crippen MR) is 381 cm³/mol. The van der Waals surface area contributed by atoms with Crippen LogP contribution in [0.25, 0.3) is 0 Å². The highest BCUT2D eigenvalue weighted by Gasteiger charge is 2.30. The number of aliphatic hydroxyl groups excluding tert-OH is 1. The number of esters is 4. The number of aliphatic hydroxyl groups is 1. The summed E-state index contributed by atoms with van der Waals surface area (Å²) in [6, 6.07) is 0. The first-order chi connectivity index (χ1) is 45.2. The minimum Gasteiger partial charge on any atom is -0.462 e. The van der Waals surface area contributed by atoms with Crippen LogP contribution in [0, 0.1) is 17.8 Å². The molecule has 0 fully saturated rings. The van der Waals surface area contributed by atoms with E-state index in [0.717, 1.165) is 108 Å². The van der Waals surface area contributed by atoms with Crippen molar-refractivity contribution in [1.82, 2.24) is 0 Å². The van der Waals surface area contributed by atoms with Crippen LogP contribution in [0.5, 0.6) is 0 Å². The molecule has 2 unspecified atom stereocenters. The summed E-state index contributed by atoms with van der Waals surface area (Å²) in [6.07, 6.45) is 51.2. The molecule has 19 heteroatoms. The van der Waals surface area contributed by atoms with E-state index in [1.54, 1.807) is 0 Å². The lowest BCUT2D eigenvalue weighted by molar-refractivity contribution is -0.161. The molecule has 17 nitrogen and oxygen atoms in total. The molecule has 94 heavy (non-hydrogen) atoms. The maximum Gasteiger partial charge on any atom is 0.472 e. The molecule has 0 aliphatic heterocycles. The zero-order valence-electron chi connectivity index (χ0n) is 61.4. The maximum atomic E-state index is 13.1. The Kier molecular flexibility index (Phi) is 64.3. The number of carbonyl (C=O) groups excluding carboxylic acids is 4. The van der Waals surface area contributed by atoms with Gasteiger partial charge < -0.3 is 33.8 Å². The Morgan fingerprint density at radius 1 is 0.287 bits per heavy atom. The van der Waals surface area contributed by atoms with Crippen LogP contribution in [-0.2, 0) is 65.4 Å². The topological polar surface area (TPSA) is 237 Å². The van der Waals surface area contributed by atoms with Crippen LogP contribution in [0.4, 0.5) is 0 Å². The lowest BCUT2D eigenvalue weighted by atomic mass is 10.0. The second-order valence-corrected chi connectivity index (χ2v) is 31.4. The van der Waals surface area contributed by atoms with Crippen molar-refractivity contribution in [1.29, 1.82) is 0 Å². The molecule has 0 spiro atoms. The highest BCUT2D eigenvalue weighted by molar-refractivity contribution is 7.47. The lowest BCUT2D eigenvalue weighted by Crippen LogP contribution is -2.30. The van der Waals surface area contributed by atoms with Crippen molar-refractivity contribution in [2.24, 2.45) is 17.8 Å². The number of ether oxygens (including phenoxy) is 4. The number of carbonyl (C=O) groups is 4. The SMILES string of the molecule is CCCCCCCCCCCCCCCCC(=O)O[C@H](COC(=O)CCCCCCCCCCCC(C)C)COP(=O)(O)OC[C@H](O)COP(=O)(O)OC[C@@H](COC(=O)CCCCCCCCCCCCCC(C)C)OC(=O)CCCCCCCCCCCCCC(C)C. The van der Waals surface area contributed by atoms with Gasteiger partial charge >= 0.3 is 39.5 Å². The molecule has 0 aliphatic rings. The summed E-state index contributed by atoms with van der Waals surface area (Å²) in [4.78, 5) is 72.8. The van der Waals surface area contributed by atoms with Crippen molar-refractivity contribution in [3.05, 3.63) is 0 Å². The van der Waals surface area contributed by atoms with E-state index in [9.17, 15) is 43.2 Å². The van der Waals surface area contributed by atoms with Gasteiger partial charge in [-0.05, 0) is 43.4 Å². The van der Waals surface area contributed by atoms with Gasteiger partial charge in [-0.25, -0.2) is 9.13 Å². The third kappa shape index (κ3) is 68.6. The van der Waals surface area contributed by atoms with Crippen LogP contribution in [0.2, 0.25) is 0 Å². The fourth-order valence-corrected chi connectivity index (χ4v) is 13.0. The zero-order valence-corrected chi connectivity index (χ0v) is 63.2. The van der Waals surface area contributed by atoms with Gasteiger partial charge in [0.25, 0.3) is 0 Å². The molecule has 0 aliphatic carbocycles. The third-order valence-electron chi connectivity index (χ3n) is 17.4. The van der Waals surface area contributed by atoms with E-state index >= 15 is 0 Å². The van der Waals surface area contributed by atoms with Gasteiger partial charge in [-0.15, -0.1) is 0 Å². The average molecular weight is 1380 g/mol. The second-order valence-electron chi connectivity index (χ2n) is 28.5. The quantitative estimate of drug-likeness (QED) is 0.0222. The smallest absolute Gasteiger partial charge is 0.462 e. The van der Waals surface area contributed by atoms with Crippen molar-refractivity contribution >= 4 is 39.5 Å². The first-order valence-electron chi connectivity index (χ1n) is 38.8. The molecule has 0 rings (SSSR count). The van der Waals surface area contributed by atoms with Crippen molar-refractivity contribution < 1.29 is 80.2 Å². The van der Waals surface area contributed by atoms with Crippen LogP contribution >= 0.6 is 15.6 Å². The molecule has 0 aromatic carbocycles. The molecular weight excluding hydrogens is 1230 g/mol. The predicted octanol–water partition coefficient (Wildman–Crippen LogP) is 21.8. The third-order valence-corrected chi connectivity index (χ3v) is 19.3. The highest BCUT2D eigenvalue weighted by Crippen LogP contribution is 2.45. The van der Waals surface area contributed by atoms with E-state index in [-0.39, 0.29) is 25.7 Å². The Bertz CT molecular complexity index is 1840. The van der Waals surface area contributed by atoms with Crippen molar-refractivity contribution in [3.63, 3.8) is 0 Å². The monoisotopic (exact) mass is 1380 g/mol. The molecular formula is C75H146O17P2. The second kappa shape index (κ2) is 65.7. The van der Waals surface area contributed by atoms with Crippen molar-refractivity contribution in [2.75, 3.05) is 39.6 Å². The van der Waals surface area contributed by atoms with Crippen LogP contribution in [0.3, 0.4) is 0 Å². The summed E-state index contributed by atoms with van der Waals surface area (Å²) >= 11 is 0. The molecule has 0 radical (unpaired) electrons. The van der Waals surface area contributed by atoms with E-state index in [2.05, 4.69) is 48.5 Å². The number of rotatable bonds is 73. The minimum atomic E-state index is -4.96. The molecule has 3 N–H and O–H groups in total. The summed E-state index contributed by atoms with van der Waals surface area (Å²) in [5.41, 5.74) is 0. The fraction of sp³-hybridized carbons (Fsp3) is 0.947. The first-order valence-corrected chi connectivity index (χ1v) is 41.8. The average Bonchev–Trinajstić information content (AvgIpc) is 1.19. The van der Waals surface area contributed by atoms with Crippen LogP contribution < -0.4 is 0 Å². The summed E-state index contributed by atoms with van der Waals surface area (Å²) < 4.78 is 68.5. The van der Waals surface area contributed by atoms with E-state index in [0.29, 0.717) is 25.7 Å². The van der Waals surface area contributed by atoms with Crippen LogP contribution in [0.1, 0.15) is 382 Å². The Labute approximate surface area is 575 Å². The van der Waals surface area contributed by atoms with Gasteiger partial charge in [0, 0.05) is 25.7 Å². The van der Waals surface area contributed by atoms with Crippen molar-refractivity contribution in [3.8, 4) is 0 Å². The maximum absolute atomic E-state index is 13.1. The molecule has 0 amide bonds. The first kappa shape index (κ1) is 92.1. The van der Waals surface area contributed by atoms with E-state index in [1.165, 1.54) is 193 Å². The molecule has 0 saturated heterocycles. The number of hydrogen-bond acceptors (Lipinski definition) is 15. The Hall–Kier alpha value is -1.94. The summed E-state index contributed by atoms with van der Waals surface area (Å²) in [5, 5.41) is 10.6. The lowest BCUT2D eigenvalue weighted by Gasteiger charge is -2.21. The van der Waals surface area contributed by atoms with Gasteiger partial charge in [-0.3, -0.25) is 37.3 Å². The van der Waals surface area contributed by atoms with Crippen molar-refractivity contribution in [2.45, 2.75) is 401 Å². The molecule has 558 valence electrons. The van der Waals surface area contributed by atoms with Gasteiger partial charge in [0.05, 0.1) is 26.4 Å². The van der Waals surface area contributed by atoms with Gasteiger partial charge in [-0.1, -0.05) is 331 Å². The molecule has 0 aromatic heterocycles. The highest BCUT2D eigenvalue weighted by atomic mass is 31.2.